The van der Waals surface area contributed by atoms with Crippen molar-refractivity contribution in [2.45, 2.75) is 46.5 Å². The van der Waals surface area contributed by atoms with Gasteiger partial charge in [0, 0.05) is 44.5 Å². The molecular weight excluding hydrogens is 374 g/mol. The Kier molecular flexibility index (Phi) is 6.59. The highest BCUT2D eigenvalue weighted by atomic mass is 16.2. The Hall–Kier alpha value is -2.69. The summed E-state index contributed by atoms with van der Waals surface area (Å²) in [5, 5.41) is 2.87. The molecule has 1 N–H and O–H groups in total. The number of hydrogen-bond acceptors (Lipinski definition) is 3. The minimum Gasteiger partial charge on any atom is -0.359 e. The monoisotopic (exact) mass is 407 g/mol. The Morgan fingerprint density at radius 2 is 1.93 bits per heavy atom. The lowest BCUT2D eigenvalue weighted by Crippen LogP contribution is -2.54. The van der Waals surface area contributed by atoms with Gasteiger partial charge in [-0.3, -0.25) is 14.6 Å². The number of pyridine rings is 1. The molecule has 1 fully saturated rings. The van der Waals surface area contributed by atoms with Gasteiger partial charge in [0.1, 0.15) is 0 Å². The molecule has 0 saturated carbocycles. The minimum atomic E-state index is -0.626. The van der Waals surface area contributed by atoms with E-state index in [0.717, 1.165) is 36.1 Å². The molecule has 1 aliphatic heterocycles. The summed E-state index contributed by atoms with van der Waals surface area (Å²) in [6, 6.07) is 12.2. The summed E-state index contributed by atoms with van der Waals surface area (Å²) in [5.41, 5.74) is 2.54. The SMILES string of the molecule is CNC(=O)C1(Cc2ccccc2-c2cccnc2)CCCN(C(=O)CC(C)(C)C)C1. The number of nitrogens with zero attached hydrogens (tertiary/aromatic N) is 2. The zero-order valence-corrected chi connectivity index (χ0v) is 18.6. The quantitative estimate of drug-likeness (QED) is 0.812. The molecule has 0 spiro atoms. The van der Waals surface area contributed by atoms with E-state index < -0.39 is 5.41 Å². The van der Waals surface area contributed by atoms with E-state index in [1.165, 1.54) is 0 Å². The first-order valence-electron chi connectivity index (χ1n) is 10.7. The normalized spacial score (nSPS) is 19.4. The van der Waals surface area contributed by atoms with Crippen molar-refractivity contribution in [1.82, 2.24) is 15.2 Å². The molecule has 5 nitrogen and oxygen atoms in total. The van der Waals surface area contributed by atoms with Crippen molar-refractivity contribution in [1.29, 1.82) is 0 Å². The van der Waals surface area contributed by atoms with Crippen LogP contribution in [-0.2, 0) is 16.0 Å². The highest BCUT2D eigenvalue weighted by molar-refractivity contribution is 5.85. The van der Waals surface area contributed by atoms with Gasteiger partial charge in [-0.1, -0.05) is 51.1 Å². The number of likely N-dealkylation sites (tertiary alicyclic amines) is 1. The van der Waals surface area contributed by atoms with Crippen LogP contribution in [0.3, 0.4) is 0 Å². The molecule has 1 aromatic carbocycles. The number of carbonyl (C=O) groups excluding carboxylic acids is 2. The molecule has 5 heteroatoms. The molecule has 0 radical (unpaired) electrons. The second kappa shape index (κ2) is 8.99. The van der Waals surface area contributed by atoms with E-state index in [2.05, 4.69) is 43.2 Å². The second-order valence-corrected chi connectivity index (χ2v) is 9.59. The van der Waals surface area contributed by atoms with Crippen molar-refractivity contribution < 1.29 is 9.59 Å². The summed E-state index contributed by atoms with van der Waals surface area (Å²) in [4.78, 5) is 32.2. The lowest BCUT2D eigenvalue weighted by molar-refractivity contribution is -0.142. The Morgan fingerprint density at radius 3 is 2.60 bits per heavy atom. The van der Waals surface area contributed by atoms with Crippen molar-refractivity contribution in [2.75, 3.05) is 20.1 Å². The Labute approximate surface area is 179 Å². The molecule has 1 aromatic heterocycles. The van der Waals surface area contributed by atoms with Crippen LogP contribution in [0.5, 0.6) is 0 Å². The molecule has 0 bridgehead atoms. The highest BCUT2D eigenvalue weighted by Gasteiger charge is 2.43. The molecule has 1 aliphatic rings. The number of amides is 2. The van der Waals surface area contributed by atoms with E-state index >= 15 is 0 Å². The fourth-order valence-corrected chi connectivity index (χ4v) is 4.43. The van der Waals surface area contributed by atoms with Crippen molar-refractivity contribution in [3.05, 3.63) is 54.4 Å². The largest absolute Gasteiger partial charge is 0.359 e. The van der Waals surface area contributed by atoms with Crippen LogP contribution < -0.4 is 5.32 Å². The summed E-state index contributed by atoms with van der Waals surface area (Å²) < 4.78 is 0. The van der Waals surface area contributed by atoms with E-state index in [1.807, 2.05) is 35.4 Å². The van der Waals surface area contributed by atoms with Crippen LogP contribution >= 0.6 is 0 Å². The van der Waals surface area contributed by atoms with Crippen LogP contribution in [-0.4, -0.2) is 41.8 Å². The van der Waals surface area contributed by atoms with Gasteiger partial charge in [0.05, 0.1) is 5.41 Å². The molecule has 1 atom stereocenters. The topological polar surface area (TPSA) is 62.3 Å². The van der Waals surface area contributed by atoms with E-state index in [9.17, 15) is 9.59 Å². The summed E-state index contributed by atoms with van der Waals surface area (Å²) in [6.07, 6.45) is 6.30. The lowest BCUT2D eigenvalue weighted by Gasteiger charge is -2.42. The molecule has 0 aliphatic carbocycles. The zero-order chi connectivity index (χ0) is 21.8. The lowest BCUT2D eigenvalue weighted by atomic mass is 9.73. The van der Waals surface area contributed by atoms with Gasteiger partial charge in [0.2, 0.25) is 11.8 Å². The van der Waals surface area contributed by atoms with Crippen molar-refractivity contribution in [3.8, 4) is 11.1 Å². The fraction of sp³-hybridized carbons (Fsp3) is 0.480. The number of rotatable bonds is 5. The Balaban J connectivity index is 1.92. The van der Waals surface area contributed by atoms with Crippen LogP contribution in [0.15, 0.2) is 48.8 Å². The van der Waals surface area contributed by atoms with E-state index in [0.29, 0.717) is 19.4 Å². The summed E-state index contributed by atoms with van der Waals surface area (Å²) in [7, 11) is 1.69. The van der Waals surface area contributed by atoms with Gasteiger partial charge in [0.25, 0.3) is 0 Å². The molecular formula is C25H33N3O2. The molecule has 3 rings (SSSR count). The van der Waals surface area contributed by atoms with Crippen LogP contribution in [0.4, 0.5) is 0 Å². The van der Waals surface area contributed by atoms with Gasteiger partial charge >= 0.3 is 0 Å². The predicted octanol–water partition coefficient (Wildman–Crippen LogP) is 4.08. The van der Waals surface area contributed by atoms with Crippen LogP contribution in [0, 0.1) is 10.8 Å². The average molecular weight is 408 g/mol. The number of nitrogens with one attached hydrogen (secondary N) is 1. The molecule has 2 heterocycles. The third kappa shape index (κ3) is 5.07. The van der Waals surface area contributed by atoms with Crippen molar-refractivity contribution in [2.24, 2.45) is 10.8 Å². The second-order valence-electron chi connectivity index (χ2n) is 9.59. The Bertz CT molecular complexity index is 889. The van der Waals surface area contributed by atoms with Gasteiger partial charge in [-0.05, 0) is 41.9 Å². The van der Waals surface area contributed by atoms with E-state index in [1.54, 1.807) is 13.2 Å². The summed E-state index contributed by atoms with van der Waals surface area (Å²) >= 11 is 0. The Morgan fingerprint density at radius 1 is 1.17 bits per heavy atom. The number of benzene rings is 1. The van der Waals surface area contributed by atoms with Crippen LogP contribution in [0.2, 0.25) is 0 Å². The van der Waals surface area contributed by atoms with E-state index in [-0.39, 0.29) is 17.2 Å². The van der Waals surface area contributed by atoms with Gasteiger partial charge in [0.15, 0.2) is 0 Å². The predicted molar refractivity (Wildman–Crippen MR) is 120 cm³/mol. The molecule has 2 aromatic rings. The van der Waals surface area contributed by atoms with Crippen LogP contribution in [0.25, 0.3) is 11.1 Å². The number of hydrogen-bond donors (Lipinski definition) is 1. The van der Waals surface area contributed by atoms with Gasteiger partial charge in [-0.2, -0.15) is 0 Å². The standard InChI is InChI=1S/C25H33N3O2/c1-24(2,3)16-22(29)28-14-8-12-25(18-28,23(30)26-4)15-19-9-5-6-11-21(19)20-10-7-13-27-17-20/h5-7,9-11,13,17H,8,12,14-16,18H2,1-4H3,(H,26,30). The third-order valence-electron chi connectivity index (χ3n) is 5.84. The maximum absolute atomic E-state index is 13.1. The summed E-state index contributed by atoms with van der Waals surface area (Å²) in [5.74, 6) is 0.146. The fourth-order valence-electron chi connectivity index (χ4n) is 4.43. The number of aromatic nitrogens is 1. The van der Waals surface area contributed by atoms with Gasteiger partial charge in [-0.15, -0.1) is 0 Å². The average Bonchev–Trinajstić information content (AvgIpc) is 2.73. The molecule has 1 unspecified atom stereocenters. The molecule has 30 heavy (non-hydrogen) atoms. The smallest absolute Gasteiger partial charge is 0.228 e. The molecule has 2 amide bonds. The minimum absolute atomic E-state index is 0.0109. The molecule has 160 valence electrons. The maximum Gasteiger partial charge on any atom is 0.228 e. The van der Waals surface area contributed by atoms with Crippen LogP contribution in [0.1, 0.15) is 45.6 Å². The zero-order valence-electron chi connectivity index (χ0n) is 18.6. The first kappa shape index (κ1) is 22.0. The maximum atomic E-state index is 13.1. The highest BCUT2D eigenvalue weighted by Crippen LogP contribution is 2.37. The third-order valence-corrected chi connectivity index (χ3v) is 5.84. The molecule has 1 saturated heterocycles. The van der Waals surface area contributed by atoms with Crippen molar-refractivity contribution >= 4 is 11.8 Å². The first-order valence-corrected chi connectivity index (χ1v) is 10.7. The summed E-state index contributed by atoms with van der Waals surface area (Å²) in [6.45, 7) is 7.40. The first-order chi connectivity index (χ1) is 14.2. The number of piperidine rings is 1. The van der Waals surface area contributed by atoms with Crippen molar-refractivity contribution in [3.63, 3.8) is 0 Å². The van der Waals surface area contributed by atoms with E-state index in [4.69, 9.17) is 0 Å². The number of carbonyl (C=O) groups is 2. The van der Waals surface area contributed by atoms with Gasteiger partial charge < -0.3 is 10.2 Å². The van der Waals surface area contributed by atoms with Gasteiger partial charge in [-0.25, -0.2) is 0 Å².